The summed E-state index contributed by atoms with van der Waals surface area (Å²) in [5.41, 5.74) is 6.83. The summed E-state index contributed by atoms with van der Waals surface area (Å²) in [7, 11) is 0. The predicted molar refractivity (Wildman–Crippen MR) is 94.5 cm³/mol. The highest BCUT2D eigenvalue weighted by Gasteiger charge is 2.30. The van der Waals surface area contributed by atoms with Crippen LogP contribution < -0.4 is 11.1 Å². The van der Waals surface area contributed by atoms with Gasteiger partial charge in [0.1, 0.15) is 0 Å². The van der Waals surface area contributed by atoms with E-state index in [0.29, 0.717) is 12.0 Å². The molecule has 4 N–H and O–H groups in total. The molecular weight excluding hydrogens is 353 g/mol. The summed E-state index contributed by atoms with van der Waals surface area (Å²) in [6.45, 7) is 0.448. The summed E-state index contributed by atoms with van der Waals surface area (Å²) in [5, 5.41) is 13.0. The number of aliphatic hydroxyl groups is 1. The van der Waals surface area contributed by atoms with Crippen LogP contribution in [0.15, 0.2) is 54.6 Å². The van der Waals surface area contributed by atoms with Crippen molar-refractivity contribution in [3.63, 3.8) is 0 Å². The van der Waals surface area contributed by atoms with Crippen LogP contribution in [-0.4, -0.2) is 23.8 Å². The van der Waals surface area contributed by atoms with Crippen molar-refractivity contribution in [2.24, 2.45) is 5.73 Å². The molecule has 0 radical (unpaired) electrons. The third-order valence-electron chi connectivity index (χ3n) is 3.75. The van der Waals surface area contributed by atoms with Gasteiger partial charge in [-0.3, -0.25) is 0 Å². The van der Waals surface area contributed by atoms with Gasteiger partial charge in [-0.05, 0) is 23.6 Å². The molecule has 0 saturated carbocycles. The lowest BCUT2D eigenvalue weighted by atomic mass is 10.0. The molecule has 7 heteroatoms. The van der Waals surface area contributed by atoms with Crippen LogP contribution in [-0.2, 0) is 19.1 Å². The Kier molecular flexibility index (Phi) is 8.38. The Morgan fingerprint density at radius 1 is 1.00 bits per heavy atom. The van der Waals surface area contributed by atoms with E-state index in [-0.39, 0.29) is 25.5 Å². The van der Waals surface area contributed by atoms with Gasteiger partial charge >= 0.3 is 6.18 Å². The van der Waals surface area contributed by atoms with Crippen LogP contribution in [0.5, 0.6) is 0 Å². The number of benzene rings is 2. The number of hydrogen-bond donors (Lipinski definition) is 3. The summed E-state index contributed by atoms with van der Waals surface area (Å²) in [4.78, 5) is 0. The summed E-state index contributed by atoms with van der Waals surface area (Å²) < 4.78 is 38.0. The third-order valence-corrected chi connectivity index (χ3v) is 3.75. The van der Waals surface area contributed by atoms with Crippen molar-refractivity contribution >= 4 is 12.4 Å². The maximum absolute atomic E-state index is 12.7. The molecule has 0 unspecified atom stereocenters. The second kappa shape index (κ2) is 9.77. The first-order chi connectivity index (χ1) is 11.4. The van der Waals surface area contributed by atoms with Crippen molar-refractivity contribution in [2.45, 2.75) is 31.3 Å². The Labute approximate surface area is 151 Å². The van der Waals surface area contributed by atoms with E-state index in [1.807, 2.05) is 30.3 Å². The number of hydrogen-bond acceptors (Lipinski definition) is 3. The number of alkyl halides is 3. The van der Waals surface area contributed by atoms with Gasteiger partial charge in [-0.1, -0.05) is 48.5 Å². The summed E-state index contributed by atoms with van der Waals surface area (Å²) in [6.07, 6.45) is -4.60. The Morgan fingerprint density at radius 2 is 1.64 bits per heavy atom. The van der Waals surface area contributed by atoms with E-state index < -0.39 is 23.9 Å². The molecule has 0 spiro atoms. The van der Waals surface area contributed by atoms with Crippen LogP contribution in [0.4, 0.5) is 13.2 Å². The number of aliphatic hydroxyl groups excluding tert-OH is 1. The van der Waals surface area contributed by atoms with Crippen LogP contribution in [0.2, 0.25) is 0 Å². The third kappa shape index (κ3) is 7.04. The molecule has 0 heterocycles. The topological polar surface area (TPSA) is 58.3 Å². The van der Waals surface area contributed by atoms with E-state index in [2.05, 4.69) is 5.32 Å². The summed E-state index contributed by atoms with van der Waals surface area (Å²) >= 11 is 0. The molecule has 0 aromatic heterocycles. The smallest absolute Gasteiger partial charge is 0.390 e. The molecular formula is C18H22ClF3N2O. The fourth-order valence-corrected chi connectivity index (χ4v) is 2.40. The maximum Gasteiger partial charge on any atom is 0.416 e. The zero-order valence-corrected chi connectivity index (χ0v) is 14.4. The average Bonchev–Trinajstić information content (AvgIpc) is 2.55. The Bertz CT molecular complexity index is 638. The van der Waals surface area contributed by atoms with E-state index in [9.17, 15) is 18.3 Å². The normalized spacial score (nSPS) is 13.8. The predicted octanol–water partition coefficient (Wildman–Crippen LogP) is 3.15. The van der Waals surface area contributed by atoms with Gasteiger partial charge in [0.05, 0.1) is 11.7 Å². The molecule has 0 aliphatic heterocycles. The van der Waals surface area contributed by atoms with E-state index in [4.69, 9.17) is 5.73 Å². The first-order valence-electron chi connectivity index (χ1n) is 7.70. The number of halogens is 4. The fourth-order valence-electron chi connectivity index (χ4n) is 2.40. The zero-order chi connectivity index (χ0) is 17.6. The van der Waals surface area contributed by atoms with Gasteiger partial charge in [-0.25, -0.2) is 0 Å². The van der Waals surface area contributed by atoms with Gasteiger partial charge in [0.2, 0.25) is 0 Å². The highest BCUT2D eigenvalue weighted by atomic mass is 35.5. The standard InChI is InChI=1S/C18H21F3N2O.ClH/c19-18(20,21)15-8-4-7-14(9-15)11-23-12-17(24)16(22)10-13-5-2-1-3-6-13;/h1-9,16-17,23-24H,10-12,22H2;1H/t16-,17+;/m0./s1. The Hall–Kier alpha value is -1.60. The second-order valence-electron chi connectivity index (χ2n) is 5.75. The quantitative estimate of drug-likeness (QED) is 0.697. The van der Waals surface area contributed by atoms with Crippen LogP contribution in [0.3, 0.4) is 0 Å². The van der Waals surface area contributed by atoms with Crippen LogP contribution in [0.1, 0.15) is 16.7 Å². The molecule has 2 rings (SSSR count). The molecule has 0 amide bonds. The molecule has 25 heavy (non-hydrogen) atoms. The van der Waals surface area contributed by atoms with E-state index in [0.717, 1.165) is 17.7 Å². The lowest BCUT2D eigenvalue weighted by molar-refractivity contribution is -0.137. The maximum atomic E-state index is 12.7. The summed E-state index contributed by atoms with van der Waals surface area (Å²) in [5.74, 6) is 0. The Morgan fingerprint density at radius 3 is 2.28 bits per heavy atom. The van der Waals surface area contributed by atoms with Crippen molar-refractivity contribution in [1.82, 2.24) is 5.32 Å². The first-order valence-corrected chi connectivity index (χ1v) is 7.70. The molecule has 0 aliphatic rings. The highest BCUT2D eigenvalue weighted by molar-refractivity contribution is 5.85. The molecule has 3 nitrogen and oxygen atoms in total. The number of nitrogens with two attached hydrogens (primary N) is 1. The molecule has 0 saturated heterocycles. The average molecular weight is 375 g/mol. The monoisotopic (exact) mass is 374 g/mol. The van der Waals surface area contributed by atoms with E-state index in [1.54, 1.807) is 6.07 Å². The molecule has 0 fully saturated rings. The molecule has 138 valence electrons. The second-order valence-corrected chi connectivity index (χ2v) is 5.75. The van der Waals surface area contributed by atoms with Crippen molar-refractivity contribution in [3.05, 3.63) is 71.3 Å². The Balaban J connectivity index is 0.00000312. The molecule has 2 atom stereocenters. The van der Waals surface area contributed by atoms with Crippen molar-refractivity contribution in [2.75, 3.05) is 6.54 Å². The van der Waals surface area contributed by atoms with Crippen LogP contribution in [0.25, 0.3) is 0 Å². The van der Waals surface area contributed by atoms with E-state index in [1.165, 1.54) is 6.07 Å². The van der Waals surface area contributed by atoms with Crippen molar-refractivity contribution < 1.29 is 18.3 Å². The van der Waals surface area contributed by atoms with E-state index >= 15 is 0 Å². The molecule has 2 aromatic rings. The highest BCUT2D eigenvalue weighted by Crippen LogP contribution is 2.29. The first kappa shape index (κ1) is 21.4. The van der Waals surface area contributed by atoms with Crippen molar-refractivity contribution in [1.29, 1.82) is 0 Å². The van der Waals surface area contributed by atoms with Crippen LogP contribution in [0, 0.1) is 0 Å². The van der Waals surface area contributed by atoms with Gasteiger partial charge in [-0.15, -0.1) is 12.4 Å². The lowest BCUT2D eigenvalue weighted by Crippen LogP contribution is -2.43. The van der Waals surface area contributed by atoms with Gasteiger partial charge in [0, 0.05) is 19.1 Å². The minimum Gasteiger partial charge on any atom is -0.390 e. The van der Waals surface area contributed by atoms with Gasteiger partial charge in [0.15, 0.2) is 0 Å². The van der Waals surface area contributed by atoms with Gasteiger partial charge in [0.25, 0.3) is 0 Å². The number of rotatable bonds is 7. The van der Waals surface area contributed by atoms with Crippen LogP contribution >= 0.6 is 12.4 Å². The summed E-state index contributed by atoms with van der Waals surface area (Å²) in [6, 6.07) is 14.3. The SMILES string of the molecule is Cl.N[C@@H](Cc1ccccc1)[C@H](O)CNCc1cccc(C(F)(F)F)c1. The molecule has 2 aromatic carbocycles. The molecule has 0 aliphatic carbocycles. The van der Waals surface area contributed by atoms with Gasteiger partial charge < -0.3 is 16.2 Å². The van der Waals surface area contributed by atoms with Crippen molar-refractivity contribution in [3.8, 4) is 0 Å². The zero-order valence-electron chi connectivity index (χ0n) is 13.5. The minimum atomic E-state index is -4.35. The van der Waals surface area contributed by atoms with Gasteiger partial charge in [-0.2, -0.15) is 13.2 Å². The lowest BCUT2D eigenvalue weighted by Gasteiger charge is -2.19. The largest absolute Gasteiger partial charge is 0.416 e. The fraction of sp³-hybridized carbons (Fsp3) is 0.333. The number of nitrogens with one attached hydrogen (secondary N) is 1. The minimum absolute atomic E-state index is 0. The molecule has 0 bridgehead atoms.